The lowest BCUT2D eigenvalue weighted by Crippen LogP contribution is -2.11. The summed E-state index contributed by atoms with van der Waals surface area (Å²) in [6, 6.07) is 16.9. The first-order valence-corrected chi connectivity index (χ1v) is 7.42. The number of thioether (sulfide) groups is 1. The van der Waals surface area contributed by atoms with Gasteiger partial charge in [0, 0.05) is 5.75 Å². The highest BCUT2D eigenvalue weighted by atomic mass is 32.2. The highest BCUT2D eigenvalue weighted by Crippen LogP contribution is 2.12. The van der Waals surface area contributed by atoms with Crippen molar-refractivity contribution in [1.82, 2.24) is 5.43 Å². The minimum absolute atomic E-state index is 0.240. The maximum atomic E-state index is 9.16. The monoisotopic (exact) mass is 302 g/mol. The SMILES string of the molecule is Oc1ccc(/C=N/NC(=S)SCc2ccccc2)cc1. The van der Waals surface area contributed by atoms with Crippen molar-refractivity contribution >= 4 is 34.5 Å². The topological polar surface area (TPSA) is 44.6 Å². The summed E-state index contributed by atoms with van der Waals surface area (Å²) >= 11 is 6.72. The van der Waals surface area contributed by atoms with Crippen LogP contribution in [-0.2, 0) is 5.75 Å². The van der Waals surface area contributed by atoms with Crippen molar-refractivity contribution in [2.24, 2.45) is 5.10 Å². The quantitative estimate of drug-likeness (QED) is 0.515. The summed E-state index contributed by atoms with van der Waals surface area (Å²) in [6.45, 7) is 0. The van der Waals surface area contributed by atoms with E-state index in [1.54, 1.807) is 30.5 Å². The van der Waals surface area contributed by atoms with Gasteiger partial charge in [0.1, 0.15) is 5.75 Å². The Kier molecular flexibility index (Phi) is 5.58. The molecule has 5 heteroatoms. The molecule has 0 aliphatic rings. The molecule has 0 aliphatic carbocycles. The van der Waals surface area contributed by atoms with Crippen LogP contribution >= 0.6 is 24.0 Å². The lowest BCUT2D eigenvalue weighted by molar-refractivity contribution is 0.475. The molecule has 0 atom stereocenters. The van der Waals surface area contributed by atoms with Crippen molar-refractivity contribution in [2.75, 3.05) is 0 Å². The number of thiocarbonyl (C=S) groups is 1. The standard InChI is InChI=1S/C15H14N2OS2/c18-14-8-6-12(7-9-14)10-16-17-15(19)20-11-13-4-2-1-3-5-13/h1-10,18H,11H2,(H,17,19)/b16-10+. The van der Waals surface area contributed by atoms with E-state index in [-0.39, 0.29) is 5.75 Å². The number of hydrogen-bond acceptors (Lipinski definition) is 4. The van der Waals surface area contributed by atoms with Crippen LogP contribution in [0.1, 0.15) is 11.1 Å². The summed E-state index contributed by atoms with van der Waals surface area (Å²) < 4.78 is 0.629. The number of benzene rings is 2. The summed E-state index contributed by atoms with van der Waals surface area (Å²) in [4.78, 5) is 0. The van der Waals surface area contributed by atoms with Gasteiger partial charge in [-0.15, -0.1) is 0 Å². The van der Waals surface area contributed by atoms with Crippen LogP contribution in [0, 0.1) is 0 Å². The number of phenols is 1. The van der Waals surface area contributed by atoms with Crippen LogP contribution in [0.2, 0.25) is 0 Å². The largest absolute Gasteiger partial charge is 0.508 e. The molecule has 0 aliphatic heterocycles. The van der Waals surface area contributed by atoms with Gasteiger partial charge in [-0.25, -0.2) is 0 Å². The highest BCUT2D eigenvalue weighted by Gasteiger charge is 1.97. The van der Waals surface area contributed by atoms with Gasteiger partial charge in [-0.3, -0.25) is 5.43 Å². The molecule has 0 amide bonds. The number of nitrogens with one attached hydrogen (secondary N) is 1. The average molecular weight is 302 g/mol. The van der Waals surface area contributed by atoms with E-state index in [4.69, 9.17) is 17.3 Å². The van der Waals surface area contributed by atoms with Crippen LogP contribution in [-0.4, -0.2) is 15.6 Å². The molecule has 102 valence electrons. The average Bonchev–Trinajstić information content (AvgIpc) is 2.48. The van der Waals surface area contributed by atoms with Crippen LogP contribution in [0.4, 0.5) is 0 Å². The summed E-state index contributed by atoms with van der Waals surface area (Å²) in [5.41, 5.74) is 4.94. The molecule has 2 rings (SSSR count). The first-order chi connectivity index (χ1) is 9.74. The molecule has 0 radical (unpaired) electrons. The second kappa shape index (κ2) is 7.67. The molecule has 2 aromatic carbocycles. The maximum Gasteiger partial charge on any atom is 0.154 e. The van der Waals surface area contributed by atoms with Crippen molar-refractivity contribution in [3.63, 3.8) is 0 Å². The molecule has 0 fully saturated rings. The van der Waals surface area contributed by atoms with E-state index in [0.29, 0.717) is 4.32 Å². The second-order valence-electron chi connectivity index (χ2n) is 4.02. The van der Waals surface area contributed by atoms with Gasteiger partial charge in [0.2, 0.25) is 0 Å². The Morgan fingerprint density at radius 3 is 2.55 bits per heavy atom. The lowest BCUT2D eigenvalue weighted by atomic mass is 10.2. The fourth-order valence-electron chi connectivity index (χ4n) is 1.48. The Balaban J connectivity index is 1.76. The number of phenolic OH excluding ortho intramolecular Hbond substituents is 1. The van der Waals surface area contributed by atoms with Gasteiger partial charge in [-0.05, 0) is 35.4 Å². The second-order valence-corrected chi connectivity index (χ2v) is 5.68. The third-order valence-electron chi connectivity index (χ3n) is 2.48. The first-order valence-electron chi connectivity index (χ1n) is 6.03. The zero-order valence-electron chi connectivity index (χ0n) is 10.7. The Labute approximate surface area is 127 Å². The van der Waals surface area contributed by atoms with Gasteiger partial charge in [0.25, 0.3) is 0 Å². The number of aromatic hydroxyl groups is 1. The van der Waals surface area contributed by atoms with E-state index in [0.717, 1.165) is 11.3 Å². The van der Waals surface area contributed by atoms with Crippen LogP contribution in [0.5, 0.6) is 5.75 Å². The van der Waals surface area contributed by atoms with Gasteiger partial charge in [-0.1, -0.05) is 54.3 Å². The van der Waals surface area contributed by atoms with E-state index in [1.807, 2.05) is 18.2 Å². The van der Waals surface area contributed by atoms with Crippen molar-refractivity contribution in [3.8, 4) is 5.75 Å². The molecule has 20 heavy (non-hydrogen) atoms. The predicted octanol–water partition coefficient (Wildman–Crippen LogP) is 3.53. The minimum Gasteiger partial charge on any atom is -0.508 e. The van der Waals surface area contributed by atoms with E-state index in [9.17, 15) is 0 Å². The van der Waals surface area contributed by atoms with E-state index < -0.39 is 0 Å². The summed E-state index contributed by atoms with van der Waals surface area (Å²) in [6.07, 6.45) is 1.66. The van der Waals surface area contributed by atoms with Crippen LogP contribution in [0.3, 0.4) is 0 Å². The van der Waals surface area contributed by atoms with Crippen LogP contribution in [0.25, 0.3) is 0 Å². The zero-order valence-corrected chi connectivity index (χ0v) is 12.3. The Bertz CT molecular complexity index is 583. The fraction of sp³-hybridized carbons (Fsp3) is 0.0667. The molecule has 2 N–H and O–H groups in total. The predicted molar refractivity (Wildman–Crippen MR) is 89.2 cm³/mol. The molecule has 3 nitrogen and oxygen atoms in total. The molecular formula is C15H14N2OS2. The third kappa shape index (κ3) is 5.03. The molecule has 0 aromatic heterocycles. The summed E-state index contributed by atoms with van der Waals surface area (Å²) in [5.74, 6) is 1.06. The van der Waals surface area contributed by atoms with Crippen molar-refractivity contribution < 1.29 is 5.11 Å². The van der Waals surface area contributed by atoms with Gasteiger partial charge >= 0.3 is 0 Å². The van der Waals surface area contributed by atoms with Crippen LogP contribution < -0.4 is 5.43 Å². The lowest BCUT2D eigenvalue weighted by Gasteiger charge is -2.02. The minimum atomic E-state index is 0.240. The Morgan fingerprint density at radius 2 is 1.85 bits per heavy atom. The summed E-state index contributed by atoms with van der Waals surface area (Å²) in [7, 11) is 0. The van der Waals surface area contributed by atoms with E-state index in [1.165, 1.54) is 17.3 Å². The Hall–Kier alpha value is -1.85. The van der Waals surface area contributed by atoms with Crippen molar-refractivity contribution in [3.05, 3.63) is 65.7 Å². The van der Waals surface area contributed by atoms with Crippen molar-refractivity contribution in [1.29, 1.82) is 0 Å². The number of hydrazone groups is 1. The highest BCUT2D eigenvalue weighted by molar-refractivity contribution is 8.22. The fourth-order valence-corrected chi connectivity index (χ4v) is 2.31. The number of nitrogens with zero attached hydrogens (tertiary/aromatic N) is 1. The van der Waals surface area contributed by atoms with Gasteiger partial charge in [0.15, 0.2) is 4.32 Å². The van der Waals surface area contributed by atoms with Gasteiger partial charge in [-0.2, -0.15) is 5.10 Å². The molecule has 0 unspecified atom stereocenters. The van der Waals surface area contributed by atoms with E-state index in [2.05, 4.69) is 22.7 Å². The van der Waals surface area contributed by atoms with Crippen LogP contribution in [0.15, 0.2) is 59.7 Å². The molecule has 0 heterocycles. The zero-order chi connectivity index (χ0) is 14.2. The van der Waals surface area contributed by atoms with E-state index >= 15 is 0 Å². The molecule has 0 bridgehead atoms. The third-order valence-corrected chi connectivity index (χ3v) is 3.75. The molecule has 0 spiro atoms. The van der Waals surface area contributed by atoms with Gasteiger partial charge in [0.05, 0.1) is 6.21 Å². The van der Waals surface area contributed by atoms with Gasteiger partial charge < -0.3 is 5.11 Å². The smallest absolute Gasteiger partial charge is 0.154 e. The summed E-state index contributed by atoms with van der Waals surface area (Å²) in [5, 5.41) is 13.2. The first kappa shape index (κ1) is 14.6. The molecule has 2 aromatic rings. The Morgan fingerprint density at radius 1 is 1.15 bits per heavy atom. The maximum absolute atomic E-state index is 9.16. The molecule has 0 saturated carbocycles. The number of hydrogen-bond donors (Lipinski definition) is 2. The molecule has 0 saturated heterocycles. The molecular weight excluding hydrogens is 288 g/mol. The van der Waals surface area contributed by atoms with Crippen molar-refractivity contribution in [2.45, 2.75) is 5.75 Å². The number of rotatable bonds is 4. The normalized spacial score (nSPS) is 10.6.